The van der Waals surface area contributed by atoms with Gasteiger partial charge in [-0.2, -0.15) is 0 Å². The molecule has 0 aromatic heterocycles. The molecule has 0 amide bonds. The molecule has 29 heavy (non-hydrogen) atoms. The smallest absolute Gasteiger partial charge is 0.293 e. The molecule has 1 fully saturated rings. The van der Waals surface area contributed by atoms with Crippen LogP contribution in [0.2, 0.25) is 0 Å². The van der Waals surface area contributed by atoms with Crippen LogP contribution in [0.15, 0.2) is 23.1 Å². The van der Waals surface area contributed by atoms with E-state index in [1.54, 1.807) is 13.8 Å². The molecule has 0 bridgehead atoms. The van der Waals surface area contributed by atoms with Crippen molar-refractivity contribution in [3.63, 3.8) is 0 Å². The third-order valence-corrected chi connectivity index (χ3v) is 6.51. The molecule has 2 N–H and O–H groups in total. The van der Waals surface area contributed by atoms with Gasteiger partial charge in [0.1, 0.15) is 5.69 Å². The van der Waals surface area contributed by atoms with E-state index in [0.717, 1.165) is 19.2 Å². The van der Waals surface area contributed by atoms with Crippen LogP contribution in [0.3, 0.4) is 0 Å². The van der Waals surface area contributed by atoms with Crippen LogP contribution in [-0.4, -0.2) is 61.7 Å². The highest BCUT2D eigenvalue weighted by atomic mass is 32.2. The topological polar surface area (TPSA) is 114 Å². The molecule has 1 aliphatic rings. The zero-order valence-electron chi connectivity index (χ0n) is 17.9. The van der Waals surface area contributed by atoms with Crippen LogP contribution in [0.1, 0.15) is 41.5 Å². The summed E-state index contributed by atoms with van der Waals surface area (Å²) in [6, 6.07) is 3.62. The lowest BCUT2D eigenvalue weighted by Crippen LogP contribution is -2.57. The highest BCUT2D eigenvalue weighted by Gasteiger charge is 2.33. The standard InChI is InChI=1S/C19H32N4O5S/c1-13(2)21-29(26,27)16-7-8-17(18(9-16)23(24)25)20-12-19(5,6)22-10-14(3)28-15(4)11-22/h7-9,13-15,20-21H,10-12H2,1-6H3/t14-,15-/m0/s1. The summed E-state index contributed by atoms with van der Waals surface area (Å²) in [4.78, 5) is 13.2. The number of nitrogens with zero attached hydrogens (tertiary/aromatic N) is 2. The van der Waals surface area contributed by atoms with Crippen LogP contribution in [0, 0.1) is 10.1 Å². The van der Waals surface area contributed by atoms with Crippen molar-refractivity contribution < 1.29 is 18.1 Å². The first-order valence-corrected chi connectivity index (χ1v) is 11.3. The molecule has 0 aliphatic carbocycles. The van der Waals surface area contributed by atoms with Crippen LogP contribution in [0.5, 0.6) is 0 Å². The van der Waals surface area contributed by atoms with E-state index in [1.165, 1.54) is 12.1 Å². The molecular formula is C19H32N4O5S. The predicted molar refractivity (Wildman–Crippen MR) is 113 cm³/mol. The van der Waals surface area contributed by atoms with Gasteiger partial charge in [-0.25, -0.2) is 13.1 Å². The number of hydrogen-bond donors (Lipinski definition) is 2. The molecule has 164 valence electrons. The van der Waals surface area contributed by atoms with Crippen molar-refractivity contribution in [1.29, 1.82) is 0 Å². The SMILES string of the molecule is CC(C)NS(=O)(=O)c1ccc(NCC(C)(C)N2C[C@H](C)O[C@@H](C)C2)c([N+](=O)[O-])c1. The van der Waals surface area contributed by atoms with Crippen molar-refractivity contribution >= 4 is 21.4 Å². The molecule has 1 aromatic carbocycles. The number of ether oxygens (including phenoxy) is 1. The summed E-state index contributed by atoms with van der Waals surface area (Å²) in [6.45, 7) is 13.6. The average molecular weight is 429 g/mol. The lowest BCUT2D eigenvalue weighted by atomic mass is 10.00. The number of sulfonamides is 1. The quantitative estimate of drug-likeness (QED) is 0.483. The van der Waals surface area contributed by atoms with Crippen LogP contribution in [-0.2, 0) is 14.8 Å². The minimum absolute atomic E-state index is 0.116. The van der Waals surface area contributed by atoms with Gasteiger partial charge in [-0.3, -0.25) is 15.0 Å². The van der Waals surface area contributed by atoms with E-state index in [1.807, 2.05) is 13.8 Å². The summed E-state index contributed by atoms with van der Waals surface area (Å²) < 4.78 is 32.9. The van der Waals surface area contributed by atoms with E-state index in [-0.39, 0.29) is 34.4 Å². The van der Waals surface area contributed by atoms with Gasteiger partial charge in [0, 0.05) is 37.3 Å². The summed E-state index contributed by atoms with van der Waals surface area (Å²) in [7, 11) is -3.81. The van der Waals surface area contributed by atoms with E-state index in [0.29, 0.717) is 12.2 Å². The Balaban J connectivity index is 2.21. The van der Waals surface area contributed by atoms with Crippen molar-refractivity contribution in [1.82, 2.24) is 9.62 Å². The Morgan fingerprint density at radius 1 is 1.28 bits per heavy atom. The van der Waals surface area contributed by atoms with Crippen LogP contribution >= 0.6 is 0 Å². The molecule has 2 rings (SSSR count). The van der Waals surface area contributed by atoms with Crippen molar-refractivity contribution in [2.75, 3.05) is 25.0 Å². The van der Waals surface area contributed by atoms with Crippen molar-refractivity contribution in [3.8, 4) is 0 Å². The molecule has 0 saturated carbocycles. The Labute approximate surface area is 173 Å². The second-order valence-corrected chi connectivity index (χ2v) is 10.3. The monoisotopic (exact) mass is 428 g/mol. The fourth-order valence-corrected chi connectivity index (χ4v) is 4.72. The van der Waals surface area contributed by atoms with E-state index in [2.05, 4.69) is 28.8 Å². The van der Waals surface area contributed by atoms with E-state index >= 15 is 0 Å². The number of morpholine rings is 1. The van der Waals surface area contributed by atoms with Gasteiger partial charge in [0.25, 0.3) is 5.69 Å². The lowest BCUT2D eigenvalue weighted by Gasteiger charge is -2.45. The highest BCUT2D eigenvalue weighted by molar-refractivity contribution is 7.89. The number of anilines is 1. The first kappa shape index (κ1) is 23.5. The molecule has 0 unspecified atom stereocenters. The number of hydrogen-bond acceptors (Lipinski definition) is 7. The van der Waals surface area contributed by atoms with Crippen molar-refractivity contribution in [2.24, 2.45) is 0 Å². The van der Waals surface area contributed by atoms with E-state index in [9.17, 15) is 18.5 Å². The minimum Gasteiger partial charge on any atom is -0.378 e. The highest BCUT2D eigenvalue weighted by Crippen LogP contribution is 2.29. The number of nitro benzene ring substituents is 1. The summed E-state index contributed by atoms with van der Waals surface area (Å²) in [5.41, 5.74) is -0.249. The molecule has 10 heteroatoms. The Morgan fingerprint density at radius 3 is 2.38 bits per heavy atom. The van der Waals surface area contributed by atoms with Crippen LogP contribution in [0.25, 0.3) is 0 Å². The molecular weight excluding hydrogens is 396 g/mol. The van der Waals surface area contributed by atoms with Gasteiger partial charge in [0.05, 0.1) is 22.0 Å². The Hall–Kier alpha value is -1.75. The molecule has 1 heterocycles. The molecule has 0 spiro atoms. The fourth-order valence-electron chi connectivity index (χ4n) is 3.45. The molecule has 1 aliphatic heterocycles. The predicted octanol–water partition coefficient (Wildman–Crippen LogP) is 2.58. The zero-order chi connectivity index (χ0) is 22.0. The van der Waals surface area contributed by atoms with Crippen molar-refractivity contribution in [2.45, 2.75) is 70.2 Å². The summed E-state index contributed by atoms with van der Waals surface area (Å²) in [5, 5.41) is 14.7. The second kappa shape index (κ2) is 8.95. The fraction of sp³-hybridized carbons (Fsp3) is 0.684. The largest absolute Gasteiger partial charge is 0.378 e. The Kier molecular flexibility index (Phi) is 7.26. The van der Waals surface area contributed by atoms with Crippen LogP contribution < -0.4 is 10.0 Å². The summed E-state index contributed by atoms with van der Waals surface area (Å²) in [5.74, 6) is 0. The Morgan fingerprint density at radius 2 is 1.86 bits per heavy atom. The number of nitro groups is 1. The molecule has 2 atom stereocenters. The Bertz CT molecular complexity index is 831. The summed E-state index contributed by atoms with van der Waals surface area (Å²) >= 11 is 0. The van der Waals surface area contributed by atoms with Gasteiger partial charge in [0.15, 0.2) is 0 Å². The first-order chi connectivity index (χ1) is 13.3. The maximum absolute atomic E-state index is 12.3. The molecule has 1 saturated heterocycles. The first-order valence-electron chi connectivity index (χ1n) is 9.77. The second-order valence-electron chi connectivity index (χ2n) is 8.54. The van der Waals surface area contributed by atoms with Gasteiger partial charge in [-0.05, 0) is 53.7 Å². The number of benzene rings is 1. The lowest BCUT2D eigenvalue weighted by molar-refractivity contribution is -0.384. The van der Waals surface area contributed by atoms with Gasteiger partial charge in [-0.15, -0.1) is 0 Å². The van der Waals surface area contributed by atoms with Gasteiger partial charge in [0.2, 0.25) is 10.0 Å². The average Bonchev–Trinajstić information content (AvgIpc) is 2.57. The summed E-state index contributed by atoms with van der Waals surface area (Å²) in [6.07, 6.45) is 0.232. The third-order valence-electron chi connectivity index (χ3n) is 4.85. The van der Waals surface area contributed by atoms with Gasteiger partial charge in [-0.1, -0.05) is 0 Å². The molecule has 9 nitrogen and oxygen atoms in total. The molecule has 0 radical (unpaired) electrons. The minimum atomic E-state index is -3.81. The van der Waals surface area contributed by atoms with E-state index in [4.69, 9.17) is 4.74 Å². The number of nitrogens with one attached hydrogen (secondary N) is 2. The van der Waals surface area contributed by atoms with Crippen molar-refractivity contribution in [3.05, 3.63) is 28.3 Å². The maximum atomic E-state index is 12.3. The number of rotatable bonds is 8. The van der Waals surface area contributed by atoms with Crippen LogP contribution in [0.4, 0.5) is 11.4 Å². The van der Waals surface area contributed by atoms with Gasteiger partial charge < -0.3 is 10.1 Å². The maximum Gasteiger partial charge on any atom is 0.293 e. The zero-order valence-corrected chi connectivity index (χ0v) is 18.7. The van der Waals surface area contributed by atoms with E-state index < -0.39 is 14.9 Å². The normalized spacial score (nSPS) is 21.3. The molecule has 1 aromatic rings. The third kappa shape index (κ3) is 6.11. The van der Waals surface area contributed by atoms with Gasteiger partial charge >= 0.3 is 0 Å².